The van der Waals surface area contributed by atoms with Crippen LogP contribution in [0.2, 0.25) is 5.02 Å². The third-order valence-electron chi connectivity index (χ3n) is 5.04. The van der Waals surface area contributed by atoms with Gasteiger partial charge in [-0.2, -0.15) is 0 Å². The predicted octanol–water partition coefficient (Wildman–Crippen LogP) is 5.45. The summed E-state index contributed by atoms with van der Waals surface area (Å²) >= 11 is 6.50. The van der Waals surface area contributed by atoms with Crippen molar-refractivity contribution in [1.29, 1.82) is 0 Å². The predicted molar refractivity (Wildman–Crippen MR) is 121 cm³/mol. The van der Waals surface area contributed by atoms with E-state index in [1.807, 2.05) is 61.5 Å². The molecule has 0 radical (unpaired) electrons. The van der Waals surface area contributed by atoms with Crippen molar-refractivity contribution in [2.24, 2.45) is 0 Å². The Bertz CT molecular complexity index is 945. The van der Waals surface area contributed by atoms with E-state index in [1.165, 1.54) is 5.56 Å². The van der Waals surface area contributed by atoms with Crippen molar-refractivity contribution >= 4 is 11.6 Å². The Kier molecular flexibility index (Phi) is 7.75. The summed E-state index contributed by atoms with van der Waals surface area (Å²) in [5, 5.41) is 14.4. The molecule has 4 nitrogen and oxygen atoms in total. The smallest absolute Gasteiger partial charge is 0.180 e. The van der Waals surface area contributed by atoms with Crippen molar-refractivity contribution in [3.63, 3.8) is 0 Å². The van der Waals surface area contributed by atoms with Crippen LogP contribution in [0.5, 0.6) is 11.5 Å². The first-order valence-corrected chi connectivity index (χ1v) is 10.4. The van der Waals surface area contributed by atoms with Crippen molar-refractivity contribution in [3.8, 4) is 11.5 Å². The molecule has 0 spiro atoms. The van der Waals surface area contributed by atoms with Crippen LogP contribution in [0, 0.1) is 6.92 Å². The summed E-state index contributed by atoms with van der Waals surface area (Å²) in [4.78, 5) is 0. The van der Waals surface area contributed by atoms with Gasteiger partial charge in [-0.05, 0) is 42.7 Å². The fourth-order valence-electron chi connectivity index (χ4n) is 3.18. The molecule has 158 valence electrons. The Morgan fingerprint density at radius 1 is 1.00 bits per heavy atom. The van der Waals surface area contributed by atoms with Gasteiger partial charge in [0, 0.05) is 12.6 Å². The van der Waals surface area contributed by atoms with Gasteiger partial charge in [-0.3, -0.25) is 0 Å². The average molecular weight is 426 g/mol. The van der Waals surface area contributed by atoms with Gasteiger partial charge < -0.3 is 19.9 Å². The van der Waals surface area contributed by atoms with Crippen LogP contribution in [0.15, 0.2) is 66.7 Å². The lowest BCUT2D eigenvalue weighted by molar-refractivity contribution is 0.135. The van der Waals surface area contributed by atoms with Crippen LogP contribution < -0.4 is 14.8 Å². The Hall–Kier alpha value is -2.53. The first-order chi connectivity index (χ1) is 14.5. The number of benzene rings is 3. The van der Waals surface area contributed by atoms with E-state index < -0.39 is 6.10 Å². The molecular formula is C25H28ClNO3. The molecule has 30 heavy (non-hydrogen) atoms. The normalized spacial score (nSPS) is 13.0. The standard InChI is InChI=1S/C25H28ClNO3/c1-17-9-11-19(12-10-17)16-30-25-22(26)13-20(14-23(25)29-3)15-27-18(2)24(28)21-7-5-4-6-8-21/h4-14,18,24,27-28H,15-16H2,1-3H3. The van der Waals surface area contributed by atoms with Gasteiger partial charge in [-0.15, -0.1) is 0 Å². The number of methoxy groups -OCH3 is 1. The molecule has 3 aromatic carbocycles. The van der Waals surface area contributed by atoms with Crippen LogP contribution in [-0.4, -0.2) is 18.3 Å². The zero-order valence-corrected chi connectivity index (χ0v) is 18.3. The maximum Gasteiger partial charge on any atom is 0.180 e. The summed E-state index contributed by atoms with van der Waals surface area (Å²) in [6.45, 7) is 4.96. The molecule has 5 heteroatoms. The second-order valence-electron chi connectivity index (χ2n) is 7.41. The van der Waals surface area contributed by atoms with E-state index in [9.17, 15) is 5.11 Å². The molecule has 0 bridgehead atoms. The van der Waals surface area contributed by atoms with E-state index in [2.05, 4.69) is 24.4 Å². The summed E-state index contributed by atoms with van der Waals surface area (Å²) in [5.41, 5.74) is 4.10. The SMILES string of the molecule is COc1cc(CNC(C)C(O)c2ccccc2)cc(Cl)c1OCc1ccc(C)cc1. The first-order valence-electron chi connectivity index (χ1n) is 9.99. The Morgan fingerprint density at radius 2 is 1.70 bits per heavy atom. The van der Waals surface area contributed by atoms with Crippen molar-refractivity contribution in [2.45, 2.75) is 39.1 Å². The van der Waals surface area contributed by atoms with Crippen LogP contribution in [-0.2, 0) is 13.2 Å². The van der Waals surface area contributed by atoms with Gasteiger partial charge in [0.15, 0.2) is 11.5 Å². The highest BCUT2D eigenvalue weighted by atomic mass is 35.5. The number of aliphatic hydroxyl groups excluding tert-OH is 1. The summed E-state index contributed by atoms with van der Waals surface area (Å²) < 4.78 is 11.5. The maximum atomic E-state index is 10.5. The number of aryl methyl sites for hydroxylation is 1. The molecular weight excluding hydrogens is 398 g/mol. The molecule has 0 aliphatic carbocycles. The molecule has 0 saturated carbocycles. The van der Waals surface area contributed by atoms with Crippen molar-refractivity contribution in [1.82, 2.24) is 5.32 Å². The minimum absolute atomic E-state index is 0.130. The third kappa shape index (κ3) is 5.76. The quantitative estimate of drug-likeness (QED) is 0.478. The molecule has 3 rings (SSSR count). The lowest BCUT2D eigenvalue weighted by Crippen LogP contribution is -2.31. The largest absolute Gasteiger partial charge is 0.493 e. The lowest BCUT2D eigenvalue weighted by Gasteiger charge is -2.21. The monoisotopic (exact) mass is 425 g/mol. The third-order valence-corrected chi connectivity index (χ3v) is 5.32. The summed E-state index contributed by atoms with van der Waals surface area (Å²) in [5.74, 6) is 1.11. The molecule has 3 aromatic rings. The molecule has 2 atom stereocenters. The fraction of sp³-hybridized carbons (Fsp3) is 0.280. The van der Waals surface area contributed by atoms with E-state index in [0.717, 1.165) is 16.7 Å². The van der Waals surface area contributed by atoms with Gasteiger partial charge >= 0.3 is 0 Å². The van der Waals surface area contributed by atoms with Crippen molar-refractivity contribution in [3.05, 3.63) is 94.0 Å². The molecule has 0 aliphatic rings. The highest BCUT2D eigenvalue weighted by molar-refractivity contribution is 6.32. The highest BCUT2D eigenvalue weighted by Crippen LogP contribution is 2.37. The second kappa shape index (κ2) is 10.5. The van der Waals surface area contributed by atoms with Gasteiger partial charge in [-0.25, -0.2) is 0 Å². The molecule has 2 N–H and O–H groups in total. The topological polar surface area (TPSA) is 50.7 Å². The number of aliphatic hydroxyl groups is 1. The minimum Gasteiger partial charge on any atom is -0.493 e. The number of nitrogens with one attached hydrogen (secondary N) is 1. The fourth-order valence-corrected chi connectivity index (χ4v) is 3.47. The van der Waals surface area contributed by atoms with Gasteiger partial charge in [0.2, 0.25) is 0 Å². The lowest BCUT2D eigenvalue weighted by atomic mass is 10.0. The first kappa shape index (κ1) is 22.2. The van der Waals surface area contributed by atoms with Gasteiger partial charge in [0.1, 0.15) is 6.61 Å². The van der Waals surface area contributed by atoms with Crippen LogP contribution in [0.4, 0.5) is 0 Å². The van der Waals surface area contributed by atoms with E-state index in [-0.39, 0.29) is 6.04 Å². The number of rotatable bonds is 9. The van der Waals surface area contributed by atoms with E-state index in [1.54, 1.807) is 7.11 Å². The molecule has 0 saturated heterocycles. The molecule has 0 heterocycles. The van der Waals surface area contributed by atoms with Crippen molar-refractivity contribution < 1.29 is 14.6 Å². The van der Waals surface area contributed by atoms with Crippen LogP contribution in [0.3, 0.4) is 0 Å². The average Bonchev–Trinajstić information content (AvgIpc) is 2.77. The summed E-state index contributed by atoms with van der Waals surface area (Å²) in [6, 6.07) is 21.4. The summed E-state index contributed by atoms with van der Waals surface area (Å²) in [6.07, 6.45) is -0.597. The molecule has 0 aliphatic heterocycles. The van der Waals surface area contributed by atoms with Gasteiger partial charge in [-0.1, -0.05) is 71.8 Å². The summed E-state index contributed by atoms with van der Waals surface area (Å²) in [7, 11) is 1.60. The van der Waals surface area contributed by atoms with Crippen LogP contribution in [0.25, 0.3) is 0 Å². The van der Waals surface area contributed by atoms with E-state index >= 15 is 0 Å². The van der Waals surface area contributed by atoms with Crippen LogP contribution in [0.1, 0.15) is 35.3 Å². The number of halogens is 1. The van der Waals surface area contributed by atoms with Crippen LogP contribution >= 0.6 is 11.6 Å². The molecule has 0 aromatic heterocycles. The second-order valence-corrected chi connectivity index (χ2v) is 7.82. The minimum atomic E-state index is -0.597. The Morgan fingerprint density at radius 3 is 2.37 bits per heavy atom. The number of ether oxygens (including phenoxy) is 2. The zero-order valence-electron chi connectivity index (χ0n) is 17.6. The molecule has 0 amide bonds. The maximum absolute atomic E-state index is 10.5. The van der Waals surface area contributed by atoms with Gasteiger partial charge in [0.25, 0.3) is 0 Å². The highest BCUT2D eigenvalue weighted by Gasteiger charge is 2.17. The zero-order chi connectivity index (χ0) is 21.5. The van der Waals surface area contributed by atoms with Gasteiger partial charge in [0.05, 0.1) is 18.2 Å². The van der Waals surface area contributed by atoms with Crippen molar-refractivity contribution in [2.75, 3.05) is 7.11 Å². The molecule has 2 unspecified atom stereocenters. The number of hydrogen-bond donors (Lipinski definition) is 2. The Labute approximate surface area is 183 Å². The Balaban J connectivity index is 1.65. The van der Waals surface area contributed by atoms with E-state index in [0.29, 0.717) is 29.7 Å². The number of hydrogen-bond acceptors (Lipinski definition) is 4. The molecule has 0 fully saturated rings. The van der Waals surface area contributed by atoms with E-state index in [4.69, 9.17) is 21.1 Å².